The molecule has 0 unspecified atom stereocenters. The number of benzene rings is 1. The second kappa shape index (κ2) is 6.73. The number of hydrogen-bond acceptors (Lipinski definition) is 4. The zero-order valence-corrected chi connectivity index (χ0v) is 11.1. The highest BCUT2D eigenvalue weighted by molar-refractivity contribution is 7.89. The molecule has 1 aromatic carbocycles. The van der Waals surface area contributed by atoms with Crippen LogP contribution < -0.4 is 0 Å². The minimum atomic E-state index is -4.42. The van der Waals surface area contributed by atoms with Crippen LogP contribution in [-0.2, 0) is 10.0 Å². The van der Waals surface area contributed by atoms with Crippen LogP contribution in [0.5, 0.6) is 0 Å². The molecule has 0 heterocycles. The molecule has 0 aliphatic heterocycles. The van der Waals surface area contributed by atoms with Gasteiger partial charge in [0.25, 0.3) is 6.43 Å². The molecule has 2 N–H and O–H groups in total. The molecule has 0 aliphatic rings. The van der Waals surface area contributed by atoms with Gasteiger partial charge in [0.05, 0.1) is 23.6 Å². The number of rotatable bonds is 7. The van der Waals surface area contributed by atoms with E-state index in [9.17, 15) is 22.0 Å². The van der Waals surface area contributed by atoms with Gasteiger partial charge in [0, 0.05) is 6.54 Å². The third-order valence-corrected chi connectivity index (χ3v) is 4.35. The molecule has 0 atom stereocenters. The van der Waals surface area contributed by atoms with Gasteiger partial charge in [-0.3, -0.25) is 0 Å². The van der Waals surface area contributed by atoms with Crippen molar-refractivity contribution in [3.63, 3.8) is 0 Å². The fourth-order valence-electron chi connectivity index (χ4n) is 1.58. The summed E-state index contributed by atoms with van der Waals surface area (Å²) in [7, 11) is -4.42. The lowest BCUT2D eigenvalue weighted by atomic mass is 10.2. The number of hydrogen-bond donors (Lipinski definition) is 2. The Morgan fingerprint density at radius 1 is 1.30 bits per heavy atom. The Hall–Kier alpha value is -1.58. The van der Waals surface area contributed by atoms with Gasteiger partial charge < -0.3 is 10.2 Å². The number of aliphatic hydroxyl groups is 1. The molecule has 20 heavy (non-hydrogen) atoms. The minimum Gasteiger partial charge on any atom is -0.478 e. The molecule has 9 heteroatoms. The van der Waals surface area contributed by atoms with E-state index >= 15 is 0 Å². The van der Waals surface area contributed by atoms with Crippen LogP contribution in [-0.4, -0.2) is 55.0 Å². The molecule has 1 aromatic rings. The van der Waals surface area contributed by atoms with Crippen LogP contribution in [0, 0.1) is 0 Å². The molecule has 0 saturated heterocycles. The van der Waals surface area contributed by atoms with Crippen LogP contribution in [0.3, 0.4) is 0 Å². The maximum Gasteiger partial charge on any atom is 0.337 e. The zero-order chi connectivity index (χ0) is 15.3. The number of carboxylic acids is 1. The predicted octanol–water partition coefficient (Wildman–Crippen LogP) is 0.633. The molecule has 0 fully saturated rings. The van der Waals surface area contributed by atoms with Crippen LogP contribution in [0.1, 0.15) is 10.4 Å². The maximum atomic E-state index is 12.4. The number of carbonyl (C=O) groups is 1. The average molecular weight is 309 g/mol. The SMILES string of the molecule is O=C(O)c1ccccc1S(=O)(=O)N(CCO)CC(F)F. The summed E-state index contributed by atoms with van der Waals surface area (Å²) in [6.07, 6.45) is -2.94. The quantitative estimate of drug-likeness (QED) is 0.770. The highest BCUT2D eigenvalue weighted by atomic mass is 32.2. The Balaban J connectivity index is 3.29. The molecule has 0 saturated carbocycles. The van der Waals surface area contributed by atoms with Crippen molar-refractivity contribution < 1.29 is 32.2 Å². The van der Waals surface area contributed by atoms with Crippen molar-refractivity contribution in [1.82, 2.24) is 4.31 Å². The lowest BCUT2D eigenvalue weighted by Crippen LogP contribution is -2.37. The van der Waals surface area contributed by atoms with Crippen molar-refractivity contribution >= 4 is 16.0 Å². The van der Waals surface area contributed by atoms with Crippen LogP contribution >= 0.6 is 0 Å². The molecule has 0 amide bonds. The van der Waals surface area contributed by atoms with E-state index in [4.69, 9.17) is 10.2 Å². The summed E-state index contributed by atoms with van der Waals surface area (Å²) >= 11 is 0. The number of nitrogens with zero attached hydrogens (tertiary/aromatic N) is 1. The summed E-state index contributed by atoms with van der Waals surface area (Å²) in [5.41, 5.74) is -0.510. The lowest BCUT2D eigenvalue weighted by Gasteiger charge is -2.21. The first-order valence-electron chi connectivity index (χ1n) is 5.52. The van der Waals surface area contributed by atoms with Crippen LogP contribution in [0.4, 0.5) is 8.78 Å². The van der Waals surface area contributed by atoms with E-state index in [1.165, 1.54) is 12.1 Å². The molecule has 0 aromatic heterocycles. The fourth-order valence-corrected chi connectivity index (χ4v) is 3.18. The van der Waals surface area contributed by atoms with E-state index < -0.39 is 52.6 Å². The van der Waals surface area contributed by atoms with Crippen molar-refractivity contribution in [2.45, 2.75) is 11.3 Å². The lowest BCUT2D eigenvalue weighted by molar-refractivity contribution is 0.0692. The van der Waals surface area contributed by atoms with E-state index in [1.54, 1.807) is 0 Å². The van der Waals surface area contributed by atoms with E-state index in [0.29, 0.717) is 4.31 Å². The number of carboxylic acid groups (broad SMARTS) is 1. The molecule has 0 radical (unpaired) electrons. The number of aromatic carboxylic acids is 1. The second-order valence-corrected chi connectivity index (χ2v) is 5.69. The molecule has 0 spiro atoms. The monoisotopic (exact) mass is 309 g/mol. The smallest absolute Gasteiger partial charge is 0.337 e. The van der Waals surface area contributed by atoms with Gasteiger partial charge in [0.15, 0.2) is 0 Å². The summed E-state index contributed by atoms with van der Waals surface area (Å²) in [5, 5.41) is 17.7. The number of halogens is 2. The fraction of sp³-hybridized carbons (Fsp3) is 0.364. The normalized spacial score (nSPS) is 12.1. The first-order chi connectivity index (χ1) is 9.30. The van der Waals surface area contributed by atoms with Gasteiger partial charge in [0.1, 0.15) is 0 Å². The van der Waals surface area contributed by atoms with Gasteiger partial charge in [-0.2, -0.15) is 4.31 Å². The largest absolute Gasteiger partial charge is 0.478 e. The van der Waals surface area contributed by atoms with Gasteiger partial charge in [-0.15, -0.1) is 0 Å². The topological polar surface area (TPSA) is 94.9 Å². The Morgan fingerprint density at radius 2 is 1.90 bits per heavy atom. The third-order valence-electron chi connectivity index (χ3n) is 2.43. The summed E-state index contributed by atoms with van der Waals surface area (Å²) in [6.45, 7) is -2.31. The highest BCUT2D eigenvalue weighted by Gasteiger charge is 2.30. The Bertz CT molecular complexity index is 576. The van der Waals surface area contributed by atoms with Gasteiger partial charge in [-0.05, 0) is 12.1 Å². The van der Waals surface area contributed by atoms with Gasteiger partial charge in [0.2, 0.25) is 10.0 Å². The van der Waals surface area contributed by atoms with Crippen molar-refractivity contribution in [3.8, 4) is 0 Å². The number of sulfonamides is 1. The van der Waals surface area contributed by atoms with Crippen molar-refractivity contribution in [3.05, 3.63) is 29.8 Å². The first kappa shape index (κ1) is 16.5. The van der Waals surface area contributed by atoms with E-state index in [-0.39, 0.29) is 0 Å². The summed E-state index contributed by atoms with van der Waals surface area (Å²) in [4.78, 5) is 10.4. The Kier molecular flexibility index (Phi) is 5.54. The first-order valence-corrected chi connectivity index (χ1v) is 6.96. The average Bonchev–Trinajstić information content (AvgIpc) is 2.37. The van der Waals surface area contributed by atoms with Crippen molar-refractivity contribution in [2.75, 3.05) is 19.7 Å². The molecular formula is C11H13F2NO5S. The summed E-state index contributed by atoms with van der Waals surface area (Å²) in [6, 6.07) is 4.70. The zero-order valence-electron chi connectivity index (χ0n) is 10.2. The highest BCUT2D eigenvalue weighted by Crippen LogP contribution is 2.21. The van der Waals surface area contributed by atoms with Crippen LogP contribution in [0.15, 0.2) is 29.2 Å². The predicted molar refractivity (Wildman–Crippen MR) is 65.2 cm³/mol. The molecule has 1 rings (SSSR count). The third kappa shape index (κ3) is 3.71. The van der Waals surface area contributed by atoms with E-state index in [1.807, 2.05) is 0 Å². The minimum absolute atomic E-state index is 0.361. The molecule has 0 aliphatic carbocycles. The van der Waals surface area contributed by atoms with Gasteiger partial charge in [-0.25, -0.2) is 22.0 Å². The molecule has 0 bridgehead atoms. The second-order valence-electron chi connectivity index (χ2n) is 3.78. The van der Waals surface area contributed by atoms with Crippen LogP contribution in [0.2, 0.25) is 0 Å². The standard InChI is InChI=1S/C11H13F2NO5S/c12-10(13)7-14(5-6-15)20(18,19)9-4-2-1-3-8(9)11(16)17/h1-4,10,15H,5-7H2,(H,16,17). The number of alkyl halides is 2. The maximum absolute atomic E-state index is 12.4. The number of aliphatic hydroxyl groups excluding tert-OH is 1. The van der Waals surface area contributed by atoms with Gasteiger partial charge in [-0.1, -0.05) is 12.1 Å². The summed E-state index contributed by atoms with van der Waals surface area (Å²) in [5.74, 6) is -1.48. The van der Waals surface area contributed by atoms with Crippen LogP contribution in [0.25, 0.3) is 0 Å². The Morgan fingerprint density at radius 3 is 2.40 bits per heavy atom. The molecule has 6 nitrogen and oxygen atoms in total. The summed E-state index contributed by atoms with van der Waals surface area (Å²) < 4.78 is 49.6. The van der Waals surface area contributed by atoms with Crippen molar-refractivity contribution in [2.24, 2.45) is 0 Å². The Labute approximate surface area is 114 Å². The van der Waals surface area contributed by atoms with Crippen molar-refractivity contribution in [1.29, 1.82) is 0 Å². The molecule has 112 valence electrons. The van der Waals surface area contributed by atoms with E-state index in [0.717, 1.165) is 12.1 Å². The van der Waals surface area contributed by atoms with Gasteiger partial charge >= 0.3 is 5.97 Å². The van der Waals surface area contributed by atoms with E-state index in [2.05, 4.69) is 0 Å². The molecular weight excluding hydrogens is 296 g/mol.